The Morgan fingerprint density at radius 2 is 1.65 bits per heavy atom. The van der Waals surface area contributed by atoms with Gasteiger partial charge in [-0.2, -0.15) is 0 Å². The molecule has 2 aromatic carbocycles. The van der Waals surface area contributed by atoms with Crippen molar-refractivity contribution in [3.8, 4) is 11.1 Å². The van der Waals surface area contributed by atoms with Crippen molar-refractivity contribution in [3.05, 3.63) is 54.6 Å². The monoisotopic (exact) mass is 268 g/mol. The minimum atomic E-state index is -0.0707. The Hall–Kier alpha value is -2.13. The van der Waals surface area contributed by atoms with Crippen LogP contribution in [0.3, 0.4) is 0 Å². The molecule has 2 rings (SSSR count). The lowest BCUT2D eigenvalue weighted by atomic mass is 10.1. The van der Waals surface area contributed by atoms with Crippen LogP contribution in [-0.4, -0.2) is 11.9 Å². The van der Waals surface area contributed by atoms with Gasteiger partial charge in [-0.05, 0) is 29.7 Å². The molecule has 1 atom stereocenters. The summed E-state index contributed by atoms with van der Waals surface area (Å²) in [6.07, 6.45) is 1.16. The molecular weight excluding hydrogens is 248 g/mol. The molecule has 1 unspecified atom stereocenters. The number of hydrogen-bond acceptors (Lipinski definition) is 2. The molecule has 0 aromatic heterocycles. The number of anilines is 1. The van der Waals surface area contributed by atoms with Gasteiger partial charge < -0.3 is 11.1 Å². The number of hydrogen-bond donors (Lipinski definition) is 2. The van der Waals surface area contributed by atoms with Gasteiger partial charge in [0.2, 0.25) is 5.91 Å². The summed E-state index contributed by atoms with van der Waals surface area (Å²) < 4.78 is 0. The van der Waals surface area contributed by atoms with Crippen molar-refractivity contribution in [2.45, 2.75) is 25.8 Å². The van der Waals surface area contributed by atoms with Gasteiger partial charge in [0.15, 0.2) is 0 Å². The Bertz CT molecular complexity index is 549. The molecule has 0 spiro atoms. The van der Waals surface area contributed by atoms with Gasteiger partial charge in [0, 0.05) is 18.2 Å². The molecule has 0 aliphatic heterocycles. The van der Waals surface area contributed by atoms with Crippen LogP contribution < -0.4 is 11.1 Å². The Labute approximate surface area is 119 Å². The minimum absolute atomic E-state index is 0.0354. The zero-order valence-electron chi connectivity index (χ0n) is 11.7. The number of nitrogens with two attached hydrogens (primary N) is 1. The van der Waals surface area contributed by atoms with Gasteiger partial charge in [0.05, 0.1) is 0 Å². The Kier molecular flexibility index (Phi) is 4.91. The average molecular weight is 268 g/mol. The largest absolute Gasteiger partial charge is 0.327 e. The Morgan fingerprint density at radius 1 is 1.05 bits per heavy atom. The highest BCUT2D eigenvalue weighted by molar-refractivity contribution is 5.91. The minimum Gasteiger partial charge on any atom is -0.327 e. The van der Waals surface area contributed by atoms with Gasteiger partial charge in [-0.3, -0.25) is 4.79 Å². The summed E-state index contributed by atoms with van der Waals surface area (Å²) in [5.41, 5.74) is 8.87. The molecule has 104 valence electrons. The standard InChI is InChI=1S/C17H20N2O/c1-2-15(18)12-17(20)19-16-10-8-14(9-11-16)13-6-4-3-5-7-13/h3-11,15H,2,12,18H2,1H3,(H,19,20). The number of nitrogens with one attached hydrogen (secondary N) is 1. The van der Waals surface area contributed by atoms with Crippen LogP contribution in [-0.2, 0) is 4.79 Å². The van der Waals surface area contributed by atoms with Crippen molar-refractivity contribution < 1.29 is 4.79 Å². The lowest BCUT2D eigenvalue weighted by Crippen LogP contribution is -2.26. The second-order valence-electron chi connectivity index (χ2n) is 4.86. The van der Waals surface area contributed by atoms with E-state index in [4.69, 9.17) is 5.73 Å². The number of amides is 1. The van der Waals surface area contributed by atoms with E-state index in [0.717, 1.165) is 17.7 Å². The third-order valence-electron chi connectivity index (χ3n) is 3.25. The van der Waals surface area contributed by atoms with E-state index in [-0.39, 0.29) is 11.9 Å². The number of carbonyl (C=O) groups is 1. The lowest BCUT2D eigenvalue weighted by molar-refractivity contribution is -0.116. The van der Waals surface area contributed by atoms with Crippen LogP contribution in [0.25, 0.3) is 11.1 Å². The van der Waals surface area contributed by atoms with Gasteiger partial charge >= 0.3 is 0 Å². The fourth-order valence-electron chi connectivity index (χ4n) is 1.97. The van der Waals surface area contributed by atoms with Crippen LogP contribution in [0.15, 0.2) is 54.6 Å². The molecular formula is C17H20N2O. The second kappa shape index (κ2) is 6.87. The molecule has 3 N–H and O–H groups in total. The first kappa shape index (κ1) is 14.3. The predicted molar refractivity (Wildman–Crippen MR) is 83.4 cm³/mol. The molecule has 0 aliphatic rings. The van der Waals surface area contributed by atoms with Crippen molar-refractivity contribution in [3.63, 3.8) is 0 Å². The van der Waals surface area contributed by atoms with Gasteiger partial charge in [0.1, 0.15) is 0 Å². The highest BCUT2D eigenvalue weighted by Gasteiger charge is 2.07. The summed E-state index contributed by atoms with van der Waals surface area (Å²) in [5, 5.41) is 2.87. The molecule has 0 aliphatic carbocycles. The van der Waals surface area contributed by atoms with E-state index in [1.165, 1.54) is 5.56 Å². The second-order valence-corrected chi connectivity index (χ2v) is 4.86. The molecule has 0 heterocycles. The summed E-state index contributed by atoms with van der Waals surface area (Å²) in [4.78, 5) is 11.7. The van der Waals surface area contributed by atoms with E-state index in [1.54, 1.807) is 0 Å². The summed E-state index contributed by atoms with van der Waals surface area (Å²) in [6.45, 7) is 1.98. The molecule has 3 nitrogen and oxygen atoms in total. The highest BCUT2D eigenvalue weighted by Crippen LogP contribution is 2.21. The highest BCUT2D eigenvalue weighted by atomic mass is 16.1. The zero-order valence-corrected chi connectivity index (χ0v) is 11.7. The van der Waals surface area contributed by atoms with Crippen LogP contribution in [0.1, 0.15) is 19.8 Å². The maximum Gasteiger partial charge on any atom is 0.225 e. The third kappa shape index (κ3) is 3.93. The van der Waals surface area contributed by atoms with E-state index in [2.05, 4.69) is 17.4 Å². The van der Waals surface area contributed by atoms with Gasteiger partial charge in [0.25, 0.3) is 0 Å². The van der Waals surface area contributed by atoms with Crippen LogP contribution in [0.5, 0.6) is 0 Å². The van der Waals surface area contributed by atoms with Crippen molar-refractivity contribution in [2.75, 3.05) is 5.32 Å². The van der Waals surface area contributed by atoms with E-state index in [0.29, 0.717) is 6.42 Å². The molecule has 0 saturated heterocycles. The SMILES string of the molecule is CCC(N)CC(=O)Nc1ccc(-c2ccccc2)cc1. The van der Waals surface area contributed by atoms with Crippen LogP contribution in [0.4, 0.5) is 5.69 Å². The summed E-state index contributed by atoms with van der Waals surface area (Å²) >= 11 is 0. The molecule has 0 radical (unpaired) electrons. The van der Waals surface area contributed by atoms with E-state index in [1.807, 2.05) is 49.4 Å². The van der Waals surface area contributed by atoms with E-state index in [9.17, 15) is 4.79 Å². The van der Waals surface area contributed by atoms with E-state index < -0.39 is 0 Å². The van der Waals surface area contributed by atoms with Crippen LogP contribution in [0.2, 0.25) is 0 Å². The van der Waals surface area contributed by atoms with Crippen molar-refractivity contribution in [1.29, 1.82) is 0 Å². The summed E-state index contributed by atoms with van der Waals surface area (Å²) in [5.74, 6) is -0.0354. The topological polar surface area (TPSA) is 55.1 Å². The quantitative estimate of drug-likeness (QED) is 0.873. The maximum absolute atomic E-state index is 11.7. The van der Waals surface area contributed by atoms with E-state index >= 15 is 0 Å². The third-order valence-corrected chi connectivity index (χ3v) is 3.25. The fourth-order valence-corrected chi connectivity index (χ4v) is 1.97. The number of benzene rings is 2. The molecule has 3 heteroatoms. The Morgan fingerprint density at radius 3 is 2.25 bits per heavy atom. The van der Waals surface area contributed by atoms with Crippen LogP contribution >= 0.6 is 0 Å². The van der Waals surface area contributed by atoms with Crippen molar-refractivity contribution in [1.82, 2.24) is 0 Å². The lowest BCUT2D eigenvalue weighted by Gasteiger charge is -2.10. The fraction of sp³-hybridized carbons (Fsp3) is 0.235. The molecule has 20 heavy (non-hydrogen) atoms. The van der Waals surface area contributed by atoms with Crippen LogP contribution in [0, 0.1) is 0 Å². The first-order valence-electron chi connectivity index (χ1n) is 6.90. The molecule has 0 fully saturated rings. The summed E-state index contributed by atoms with van der Waals surface area (Å²) in [6, 6.07) is 17.9. The molecule has 0 bridgehead atoms. The van der Waals surface area contributed by atoms with Crippen molar-refractivity contribution in [2.24, 2.45) is 5.73 Å². The van der Waals surface area contributed by atoms with Gasteiger partial charge in [-0.1, -0.05) is 49.4 Å². The summed E-state index contributed by atoms with van der Waals surface area (Å²) in [7, 11) is 0. The normalized spacial score (nSPS) is 11.9. The zero-order chi connectivity index (χ0) is 14.4. The van der Waals surface area contributed by atoms with Gasteiger partial charge in [-0.15, -0.1) is 0 Å². The molecule has 0 saturated carbocycles. The van der Waals surface area contributed by atoms with Gasteiger partial charge in [-0.25, -0.2) is 0 Å². The first-order valence-corrected chi connectivity index (χ1v) is 6.90. The molecule has 1 amide bonds. The number of carbonyl (C=O) groups excluding carboxylic acids is 1. The Balaban J connectivity index is 2.00. The van der Waals surface area contributed by atoms with Crippen molar-refractivity contribution >= 4 is 11.6 Å². The predicted octanol–water partition coefficient (Wildman–Crippen LogP) is 3.42. The first-order chi connectivity index (χ1) is 9.69. The molecule has 2 aromatic rings. The average Bonchev–Trinajstić information content (AvgIpc) is 2.48. The smallest absolute Gasteiger partial charge is 0.225 e. The number of rotatable bonds is 5. The maximum atomic E-state index is 11.7.